The van der Waals surface area contributed by atoms with Crippen molar-refractivity contribution in [1.82, 2.24) is 4.98 Å². The first kappa shape index (κ1) is 40.6. The highest BCUT2D eigenvalue weighted by Gasteiger charge is 2.57. The van der Waals surface area contributed by atoms with Crippen molar-refractivity contribution in [3.05, 3.63) is 113 Å². The molecule has 1 amide bonds. The first-order chi connectivity index (χ1) is 26.7. The van der Waals surface area contributed by atoms with Gasteiger partial charge in [0.1, 0.15) is 30.1 Å². The SMILES string of the molecule is CO[C@H]1CC2C=C[C@@H]3C[C@]2(O[C@H]3[C@H](OC(=O)c2ccc[nH]2)[C@H](C)[C@H](C)O)/C(C)=C/[C@@H](C)[C@@H]([C@@H](C)OC(=O)c2ccccc2C[n+]2ccc(C(N)=O)cc2)OC1=O. The van der Waals surface area contributed by atoms with E-state index in [1.807, 2.05) is 43.5 Å². The van der Waals surface area contributed by atoms with Crippen molar-refractivity contribution in [3.8, 4) is 0 Å². The van der Waals surface area contributed by atoms with Crippen LogP contribution in [0.4, 0.5) is 0 Å². The van der Waals surface area contributed by atoms with E-state index in [0.717, 1.165) is 5.57 Å². The van der Waals surface area contributed by atoms with E-state index in [0.29, 0.717) is 35.3 Å². The number of carbonyl (C=O) groups is 4. The zero-order valence-electron chi connectivity index (χ0n) is 32.6. The number of cyclic esters (lactones) is 1. The molecule has 4 heterocycles. The van der Waals surface area contributed by atoms with Crippen molar-refractivity contribution in [2.75, 3.05) is 7.11 Å². The molecule has 1 aliphatic carbocycles. The number of benzene rings is 1. The van der Waals surface area contributed by atoms with Crippen molar-refractivity contribution >= 4 is 23.8 Å². The number of aliphatic hydroxyl groups is 1. The van der Waals surface area contributed by atoms with Gasteiger partial charge >= 0.3 is 17.9 Å². The zero-order chi connectivity index (χ0) is 40.3. The largest absolute Gasteiger partial charge is 0.456 e. The molecule has 2 aliphatic heterocycles. The van der Waals surface area contributed by atoms with Gasteiger partial charge in [-0.1, -0.05) is 50.3 Å². The molecule has 1 unspecified atom stereocenters. The third kappa shape index (κ3) is 8.35. The molecule has 2 aromatic heterocycles. The standard InChI is InChI=1S/C43H51N3O10/c1-24-20-25(2)43-22-30(38(56-43)37(26(3)27(4)47)55-41(50)34-12-9-17-45-34)13-14-32(43)21-35(52-6)42(51)54-36(24)28(5)53-40(49)33-11-8-7-10-31(33)23-46-18-15-29(16-19-46)39(44)48/h7-20,24,26-28,30,32,35-38,47H,21-23H2,1-6H3,(H2-,44,45,48,50)/p+1/b25-20+/t24-,26-,27+,28-,30-,32?,35+,36+,37-,38-,43+/m1/s1. The minimum Gasteiger partial charge on any atom is -0.456 e. The highest BCUT2D eigenvalue weighted by atomic mass is 16.6. The minimum atomic E-state index is -0.958. The number of hydrogen-bond acceptors (Lipinski definition) is 10. The fraction of sp³-hybridized carbons (Fsp3) is 0.465. The summed E-state index contributed by atoms with van der Waals surface area (Å²) in [6.45, 7) is 9.42. The van der Waals surface area contributed by atoms with Crippen LogP contribution < -0.4 is 10.3 Å². The molecule has 56 heavy (non-hydrogen) atoms. The molecular formula is C43H52N3O10+. The van der Waals surface area contributed by atoms with Crippen LogP contribution in [0.5, 0.6) is 0 Å². The van der Waals surface area contributed by atoms with Gasteiger partial charge in [-0.2, -0.15) is 0 Å². The summed E-state index contributed by atoms with van der Waals surface area (Å²) in [6, 6.07) is 13.6. The van der Waals surface area contributed by atoms with E-state index in [1.165, 1.54) is 7.11 Å². The Kier molecular flexibility index (Phi) is 12.3. The number of rotatable bonds is 12. The van der Waals surface area contributed by atoms with Crippen LogP contribution in [0.2, 0.25) is 0 Å². The first-order valence-corrected chi connectivity index (χ1v) is 19.1. The van der Waals surface area contributed by atoms with E-state index in [1.54, 1.807) is 68.8 Å². The first-order valence-electron chi connectivity index (χ1n) is 19.1. The van der Waals surface area contributed by atoms with Crippen LogP contribution >= 0.6 is 0 Å². The van der Waals surface area contributed by atoms with Gasteiger partial charge in [-0.15, -0.1) is 0 Å². The molecule has 2 bridgehead atoms. The second-order valence-electron chi connectivity index (χ2n) is 15.3. The van der Waals surface area contributed by atoms with Crippen LogP contribution in [0.25, 0.3) is 0 Å². The summed E-state index contributed by atoms with van der Waals surface area (Å²) in [5, 5.41) is 10.7. The van der Waals surface area contributed by atoms with Crippen molar-refractivity contribution in [2.24, 2.45) is 29.4 Å². The van der Waals surface area contributed by atoms with Gasteiger partial charge in [0.15, 0.2) is 25.0 Å². The van der Waals surface area contributed by atoms with Gasteiger partial charge in [0, 0.05) is 54.7 Å². The Balaban J connectivity index is 1.26. The maximum Gasteiger partial charge on any atom is 0.355 e. The Hall–Kier alpha value is -5.11. The van der Waals surface area contributed by atoms with Crippen LogP contribution in [0, 0.1) is 23.7 Å². The molecule has 1 spiro atoms. The number of nitrogens with zero attached hydrogens (tertiary/aromatic N) is 1. The summed E-state index contributed by atoms with van der Waals surface area (Å²) in [5.41, 5.74) is 7.09. The molecule has 13 nitrogen and oxygen atoms in total. The molecule has 4 N–H and O–H groups in total. The number of carbonyl (C=O) groups excluding carboxylic acids is 4. The van der Waals surface area contributed by atoms with Crippen molar-refractivity contribution in [2.45, 2.75) is 96.2 Å². The van der Waals surface area contributed by atoms with Crippen LogP contribution in [0.1, 0.15) is 84.2 Å². The van der Waals surface area contributed by atoms with Crippen LogP contribution in [0.3, 0.4) is 0 Å². The van der Waals surface area contributed by atoms with Crippen LogP contribution in [-0.2, 0) is 35.0 Å². The number of nitrogens with two attached hydrogens (primary N) is 1. The lowest BCUT2D eigenvalue weighted by Gasteiger charge is -2.42. The lowest BCUT2D eigenvalue weighted by atomic mass is 9.69. The number of hydrogen-bond donors (Lipinski definition) is 3. The summed E-state index contributed by atoms with van der Waals surface area (Å²) >= 11 is 0. The number of amides is 1. The van der Waals surface area contributed by atoms with Crippen molar-refractivity contribution < 1.29 is 52.5 Å². The highest BCUT2D eigenvalue weighted by molar-refractivity contribution is 5.92. The van der Waals surface area contributed by atoms with E-state index in [4.69, 9.17) is 29.4 Å². The minimum absolute atomic E-state index is 0.154. The van der Waals surface area contributed by atoms with Crippen molar-refractivity contribution in [1.29, 1.82) is 0 Å². The van der Waals surface area contributed by atoms with Gasteiger partial charge in [0.05, 0.1) is 22.8 Å². The summed E-state index contributed by atoms with van der Waals surface area (Å²) in [6.07, 6.45) is 7.10. The average molecular weight is 771 g/mol. The van der Waals surface area contributed by atoms with Gasteiger partial charge < -0.3 is 39.5 Å². The lowest BCUT2D eigenvalue weighted by Crippen LogP contribution is -2.48. The Morgan fingerprint density at radius 2 is 1.75 bits per heavy atom. The lowest BCUT2D eigenvalue weighted by molar-refractivity contribution is -0.688. The molecule has 3 aliphatic rings. The van der Waals surface area contributed by atoms with Crippen LogP contribution in [-0.4, -0.2) is 83.2 Å². The Labute approximate surface area is 326 Å². The molecule has 0 radical (unpaired) electrons. The topological polar surface area (TPSA) is 180 Å². The molecule has 3 aromatic rings. The van der Waals surface area contributed by atoms with E-state index in [-0.39, 0.29) is 18.3 Å². The number of nitrogens with one attached hydrogen (secondary N) is 1. The number of ether oxygens (including phenoxy) is 5. The number of H-pyrrole nitrogens is 1. The Morgan fingerprint density at radius 1 is 1.02 bits per heavy atom. The number of primary amides is 1. The third-order valence-electron chi connectivity index (χ3n) is 11.6. The normalized spacial score (nSPS) is 29.1. The fourth-order valence-electron chi connectivity index (χ4n) is 8.28. The molecule has 6 rings (SSSR count). The van der Waals surface area contributed by atoms with E-state index < -0.39 is 77.9 Å². The predicted octanol–water partition coefficient (Wildman–Crippen LogP) is 4.48. The molecular weight excluding hydrogens is 718 g/mol. The number of esters is 3. The Bertz CT molecular complexity index is 1960. The molecule has 11 atom stereocenters. The molecule has 1 fully saturated rings. The molecule has 1 saturated heterocycles. The maximum atomic E-state index is 13.8. The molecule has 298 valence electrons. The maximum absolute atomic E-state index is 13.8. The molecule has 1 aromatic carbocycles. The van der Waals surface area contributed by atoms with Gasteiger partial charge in [-0.05, 0) is 57.4 Å². The van der Waals surface area contributed by atoms with Gasteiger partial charge in [0.25, 0.3) is 0 Å². The second-order valence-corrected chi connectivity index (χ2v) is 15.3. The van der Waals surface area contributed by atoms with Crippen LogP contribution in [0.15, 0.2) is 90.9 Å². The third-order valence-corrected chi connectivity index (χ3v) is 11.6. The summed E-state index contributed by atoms with van der Waals surface area (Å²) < 4.78 is 32.9. The molecule has 0 saturated carbocycles. The van der Waals surface area contributed by atoms with Crippen molar-refractivity contribution in [3.63, 3.8) is 0 Å². The Morgan fingerprint density at radius 3 is 2.41 bits per heavy atom. The summed E-state index contributed by atoms with van der Waals surface area (Å²) in [5.74, 6) is -3.59. The highest BCUT2D eigenvalue weighted by Crippen LogP contribution is 2.53. The average Bonchev–Trinajstić information content (AvgIpc) is 3.83. The summed E-state index contributed by atoms with van der Waals surface area (Å²) in [7, 11) is 1.46. The van der Waals surface area contributed by atoms with Gasteiger partial charge in [0.2, 0.25) is 5.91 Å². The van der Waals surface area contributed by atoms with Gasteiger partial charge in [-0.25, -0.2) is 19.0 Å². The number of aromatic nitrogens is 2. The smallest absolute Gasteiger partial charge is 0.355 e. The number of aromatic amines is 1. The number of fused-ring (bicyclic) bond motifs is 1. The van der Waals surface area contributed by atoms with E-state index in [2.05, 4.69) is 17.1 Å². The number of methoxy groups -OCH3 is 1. The van der Waals surface area contributed by atoms with Gasteiger partial charge in [-0.3, -0.25) is 4.79 Å². The predicted molar refractivity (Wildman–Crippen MR) is 203 cm³/mol. The van der Waals surface area contributed by atoms with E-state index >= 15 is 0 Å². The quantitative estimate of drug-likeness (QED) is 0.103. The zero-order valence-corrected chi connectivity index (χ0v) is 32.6. The molecule has 13 heteroatoms. The van der Waals surface area contributed by atoms with E-state index in [9.17, 15) is 24.3 Å². The monoisotopic (exact) mass is 770 g/mol. The number of pyridine rings is 1. The second kappa shape index (κ2) is 16.9. The fourth-order valence-corrected chi connectivity index (χ4v) is 8.28. The summed E-state index contributed by atoms with van der Waals surface area (Å²) in [4.78, 5) is 55.3. The number of aliphatic hydroxyl groups excluding tert-OH is 1.